The normalized spacial score (nSPS) is 12.1. The predicted molar refractivity (Wildman–Crippen MR) is 85.6 cm³/mol. The molecule has 9 heteroatoms. The molecule has 0 aromatic carbocycles. The molecule has 0 bridgehead atoms. The summed E-state index contributed by atoms with van der Waals surface area (Å²) in [6, 6.07) is 0. The van der Waals surface area contributed by atoms with Crippen LogP contribution in [0, 0.1) is 0 Å². The second-order valence-corrected chi connectivity index (χ2v) is 7.12. The van der Waals surface area contributed by atoms with Crippen LogP contribution >= 0.6 is 11.3 Å². The number of hydrogen-bond donors (Lipinski definition) is 3. The summed E-state index contributed by atoms with van der Waals surface area (Å²) in [5.74, 6) is 0.676. The molecule has 0 spiro atoms. The van der Waals surface area contributed by atoms with Crippen LogP contribution in [0.15, 0.2) is 11.0 Å². The van der Waals surface area contributed by atoms with Crippen molar-refractivity contribution in [2.24, 2.45) is 0 Å². The van der Waals surface area contributed by atoms with Crippen molar-refractivity contribution in [1.82, 2.24) is 29.8 Å². The number of H-pyrrole nitrogens is 2. The molecule has 3 aromatic heterocycles. The van der Waals surface area contributed by atoms with E-state index in [0.29, 0.717) is 12.2 Å². The van der Waals surface area contributed by atoms with Crippen LogP contribution in [0.2, 0.25) is 0 Å². The molecular formula is C13H19N7OS. The number of nitrogens with one attached hydrogen (secondary N) is 3. The molecule has 0 aliphatic rings. The Hall–Kier alpha value is -2.16. The second-order valence-electron chi connectivity index (χ2n) is 6.17. The molecule has 3 aromatic rings. The number of nitrogens with zero attached hydrogens (tertiary/aromatic N) is 4. The SMILES string of the molecule is CC(C)(C)c1cn2nc(NCCCc3n[nH]c(=O)[nH]3)sc2n1. The maximum Gasteiger partial charge on any atom is 0.340 e. The average Bonchev–Trinajstić information content (AvgIpc) is 3.07. The van der Waals surface area contributed by atoms with E-state index in [1.807, 2.05) is 10.7 Å². The lowest BCUT2D eigenvalue weighted by Gasteiger charge is -2.13. The number of aromatic amines is 2. The molecule has 3 rings (SSSR count). The fraction of sp³-hybridized carbons (Fsp3) is 0.538. The zero-order valence-electron chi connectivity index (χ0n) is 12.8. The number of imidazole rings is 1. The highest BCUT2D eigenvalue weighted by Crippen LogP contribution is 2.25. The van der Waals surface area contributed by atoms with Gasteiger partial charge in [0, 0.05) is 18.4 Å². The molecule has 0 saturated heterocycles. The van der Waals surface area contributed by atoms with Crippen molar-refractivity contribution >= 4 is 21.4 Å². The molecule has 0 atom stereocenters. The molecule has 0 fully saturated rings. The Morgan fingerprint density at radius 2 is 2.23 bits per heavy atom. The summed E-state index contributed by atoms with van der Waals surface area (Å²) in [4.78, 5) is 19.0. The van der Waals surface area contributed by atoms with E-state index in [1.165, 1.54) is 11.3 Å². The smallest absolute Gasteiger partial charge is 0.340 e. The molecule has 118 valence electrons. The van der Waals surface area contributed by atoms with Crippen molar-refractivity contribution in [3.05, 3.63) is 28.2 Å². The van der Waals surface area contributed by atoms with E-state index in [2.05, 4.69) is 51.4 Å². The van der Waals surface area contributed by atoms with Crippen LogP contribution < -0.4 is 11.0 Å². The highest BCUT2D eigenvalue weighted by Gasteiger charge is 2.19. The molecule has 0 amide bonds. The number of anilines is 1. The van der Waals surface area contributed by atoms with Gasteiger partial charge in [-0.3, -0.25) is 4.98 Å². The van der Waals surface area contributed by atoms with E-state index in [0.717, 1.165) is 28.8 Å². The predicted octanol–water partition coefficient (Wildman–Crippen LogP) is 1.54. The molecule has 0 radical (unpaired) electrons. The molecule has 0 aliphatic carbocycles. The van der Waals surface area contributed by atoms with Gasteiger partial charge in [-0.25, -0.2) is 19.4 Å². The zero-order chi connectivity index (χ0) is 15.7. The first-order valence-corrected chi connectivity index (χ1v) is 7.97. The average molecular weight is 321 g/mol. The highest BCUT2D eigenvalue weighted by molar-refractivity contribution is 7.20. The molecule has 0 saturated carbocycles. The lowest BCUT2D eigenvalue weighted by Crippen LogP contribution is -2.11. The Balaban J connectivity index is 1.55. The highest BCUT2D eigenvalue weighted by atomic mass is 32.1. The minimum absolute atomic E-state index is 0.0293. The van der Waals surface area contributed by atoms with Gasteiger partial charge in [-0.15, -0.1) is 5.10 Å². The largest absolute Gasteiger partial charge is 0.360 e. The van der Waals surface area contributed by atoms with Crippen LogP contribution in [0.1, 0.15) is 38.7 Å². The number of rotatable bonds is 5. The van der Waals surface area contributed by atoms with E-state index in [4.69, 9.17) is 0 Å². The van der Waals surface area contributed by atoms with E-state index in [1.54, 1.807) is 0 Å². The Bertz CT molecular complexity index is 788. The third-order valence-electron chi connectivity index (χ3n) is 3.23. The summed E-state index contributed by atoms with van der Waals surface area (Å²) in [5, 5.41) is 14.8. The third kappa shape index (κ3) is 3.19. The van der Waals surface area contributed by atoms with Crippen LogP contribution in [-0.2, 0) is 11.8 Å². The molecule has 3 heterocycles. The molecular weight excluding hydrogens is 302 g/mol. The Morgan fingerprint density at radius 3 is 2.86 bits per heavy atom. The summed E-state index contributed by atoms with van der Waals surface area (Å²) >= 11 is 1.53. The molecule has 8 nitrogen and oxygen atoms in total. The van der Waals surface area contributed by atoms with Gasteiger partial charge in [0.2, 0.25) is 10.1 Å². The molecule has 22 heavy (non-hydrogen) atoms. The number of aryl methyl sites for hydroxylation is 1. The van der Waals surface area contributed by atoms with Crippen LogP contribution in [0.5, 0.6) is 0 Å². The van der Waals surface area contributed by atoms with Crippen molar-refractivity contribution in [2.75, 3.05) is 11.9 Å². The zero-order valence-corrected chi connectivity index (χ0v) is 13.6. The Morgan fingerprint density at radius 1 is 1.41 bits per heavy atom. The maximum absolute atomic E-state index is 10.9. The quantitative estimate of drug-likeness (QED) is 0.619. The van der Waals surface area contributed by atoms with Gasteiger partial charge in [0.05, 0.1) is 11.9 Å². The number of aromatic nitrogens is 6. The van der Waals surface area contributed by atoms with Crippen LogP contribution in [0.4, 0.5) is 5.13 Å². The number of hydrogen-bond acceptors (Lipinski definition) is 6. The van der Waals surface area contributed by atoms with E-state index in [9.17, 15) is 4.79 Å². The van der Waals surface area contributed by atoms with Crippen molar-refractivity contribution in [3.8, 4) is 0 Å². The topological polar surface area (TPSA) is 104 Å². The van der Waals surface area contributed by atoms with Crippen LogP contribution in [-0.4, -0.2) is 36.3 Å². The van der Waals surface area contributed by atoms with E-state index < -0.39 is 0 Å². The standard InChI is InChI=1S/C13H19N7OS/c1-13(2,3)8-7-20-12(15-8)22-11(19-20)14-6-4-5-9-16-10(21)18-17-9/h7H,4-6H2,1-3H3,(H,14,19)(H2,16,17,18,21). The van der Waals surface area contributed by atoms with Crippen molar-refractivity contribution in [3.63, 3.8) is 0 Å². The fourth-order valence-electron chi connectivity index (χ4n) is 2.01. The molecule has 0 unspecified atom stereocenters. The van der Waals surface area contributed by atoms with Crippen LogP contribution in [0.3, 0.4) is 0 Å². The monoisotopic (exact) mass is 321 g/mol. The van der Waals surface area contributed by atoms with Gasteiger partial charge < -0.3 is 5.32 Å². The lowest BCUT2D eigenvalue weighted by molar-refractivity contribution is 0.572. The summed E-state index contributed by atoms with van der Waals surface area (Å²) in [6.07, 6.45) is 3.55. The van der Waals surface area contributed by atoms with Gasteiger partial charge in [0.15, 0.2) is 0 Å². The maximum atomic E-state index is 10.9. The number of fused-ring (bicyclic) bond motifs is 1. The Labute approximate surface area is 131 Å². The Kier molecular flexibility index (Phi) is 3.73. The summed E-state index contributed by atoms with van der Waals surface area (Å²) in [6.45, 7) is 7.17. The van der Waals surface area contributed by atoms with Gasteiger partial charge in [-0.1, -0.05) is 32.1 Å². The lowest BCUT2D eigenvalue weighted by atomic mass is 9.93. The van der Waals surface area contributed by atoms with E-state index in [-0.39, 0.29) is 11.1 Å². The summed E-state index contributed by atoms with van der Waals surface area (Å²) in [7, 11) is 0. The first kappa shape index (κ1) is 14.8. The van der Waals surface area contributed by atoms with Crippen molar-refractivity contribution in [1.29, 1.82) is 0 Å². The van der Waals surface area contributed by atoms with Crippen molar-refractivity contribution < 1.29 is 0 Å². The summed E-state index contributed by atoms with van der Waals surface area (Å²) < 4.78 is 1.82. The van der Waals surface area contributed by atoms with Gasteiger partial charge in [0.25, 0.3) is 0 Å². The molecule has 3 N–H and O–H groups in total. The molecule has 0 aliphatic heterocycles. The van der Waals surface area contributed by atoms with Crippen molar-refractivity contribution in [2.45, 2.75) is 39.0 Å². The second kappa shape index (κ2) is 5.56. The van der Waals surface area contributed by atoms with E-state index >= 15 is 0 Å². The van der Waals surface area contributed by atoms with Gasteiger partial charge in [0.1, 0.15) is 5.82 Å². The minimum atomic E-state index is -0.265. The fourth-order valence-corrected chi connectivity index (χ4v) is 2.81. The minimum Gasteiger partial charge on any atom is -0.360 e. The van der Waals surface area contributed by atoms with Gasteiger partial charge in [-0.2, -0.15) is 5.10 Å². The van der Waals surface area contributed by atoms with Gasteiger partial charge >= 0.3 is 5.69 Å². The van der Waals surface area contributed by atoms with Crippen LogP contribution in [0.25, 0.3) is 4.96 Å². The first-order valence-electron chi connectivity index (χ1n) is 7.16. The third-order valence-corrected chi connectivity index (χ3v) is 4.11. The first-order chi connectivity index (χ1) is 10.4. The van der Waals surface area contributed by atoms with Gasteiger partial charge in [-0.05, 0) is 6.42 Å². The summed E-state index contributed by atoms with van der Waals surface area (Å²) in [5.41, 5.74) is 0.806.